The Morgan fingerprint density at radius 1 is 1.08 bits per heavy atom. The fraction of sp³-hybridized carbons (Fsp3) is 0.250. The van der Waals surface area contributed by atoms with Crippen LogP contribution in [0.5, 0.6) is 11.5 Å². The smallest absolute Gasteiger partial charge is 0.269 e. The van der Waals surface area contributed by atoms with Crippen molar-refractivity contribution in [2.45, 2.75) is 11.4 Å². The van der Waals surface area contributed by atoms with Gasteiger partial charge in [0.25, 0.3) is 5.69 Å². The summed E-state index contributed by atoms with van der Waals surface area (Å²) in [6.45, 7) is 1.07. The van der Waals surface area contributed by atoms with Crippen LogP contribution in [0.3, 0.4) is 0 Å². The first kappa shape index (κ1) is 17.2. The highest BCUT2D eigenvalue weighted by Crippen LogP contribution is 2.31. The van der Waals surface area contributed by atoms with Crippen molar-refractivity contribution in [1.29, 1.82) is 0 Å². The predicted molar refractivity (Wildman–Crippen MR) is 89.2 cm³/mol. The zero-order chi connectivity index (χ0) is 18.0. The number of hydrogen-bond acceptors (Lipinski definition) is 6. The van der Waals surface area contributed by atoms with E-state index in [-0.39, 0.29) is 17.1 Å². The molecular weight excluding hydrogens is 348 g/mol. The minimum atomic E-state index is -3.76. The minimum absolute atomic E-state index is 0.00172. The van der Waals surface area contributed by atoms with Gasteiger partial charge in [-0.1, -0.05) is 6.07 Å². The van der Waals surface area contributed by atoms with Crippen molar-refractivity contribution in [3.63, 3.8) is 0 Å². The van der Waals surface area contributed by atoms with Crippen LogP contribution in [0.2, 0.25) is 0 Å². The lowest BCUT2D eigenvalue weighted by molar-refractivity contribution is -0.384. The van der Waals surface area contributed by atoms with Gasteiger partial charge in [0.2, 0.25) is 10.0 Å². The molecule has 2 aromatic carbocycles. The van der Waals surface area contributed by atoms with Gasteiger partial charge in [0.1, 0.15) is 13.2 Å². The summed E-state index contributed by atoms with van der Waals surface area (Å²) in [5.74, 6) is 1.22. The second-order valence-electron chi connectivity index (χ2n) is 5.49. The van der Waals surface area contributed by atoms with E-state index in [4.69, 9.17) is 9.47 Å². The highest BCUT2D eigenvalue weighted by Gasteiger charge is 2.22. The molecule has 0 atom stereocenters. The van der Waals surface area contributed by atoms with E-state index in [0.717, 1.165) is 5.56 Å². The van der Waals surface area contributed by atoms with Crippen LogP contribution in [-0.4, -0.2) is 37.9 Å². The Labute approximate surface area is 144 Å². The first-order valence-corrected chi connectivity index (χ1v) is 8.91. The Morgan fingerprint density at radius 2 is 1.72 bits per heavy atom. The maximum Gasteiger partial charge on any atom is 0.269 e. The molecule has 0 bridgehead atoms. The summed E-state index contributed by atoms with van der Waals surface area (Å²) in [4.78, 5) is 10.1. The Balaban J connectivity index is 1.79. The molecule has 25 heavy (non-hydrogen) atoms. The summed E-state index contributed by atoms with van der Waals surface area (Å²) >= 11 is 0. The van der Waals surface area contributed by atoms with Crippen molar-refractivity contribution >= 4 is 15.7 Å². The summed E-state index contributed by atoms with van der Waals surface area (Å²) in [5, 5.41) is 10.7. The number of sulfonamides is 1. The zero-order valence-corrected chi connectivity index (χ0v) is 14.2. The van der Waals surface area contributed by atoms with E-state index in [9.17, 15) is 18.5 Å². The Bertz CT molecular complexity index is 895. The van der Waals surface area contributed by atoms with Crippen LogP contribution in [-0.2, 0) is 16.6 Å². The number of hydrogen-bond donors (Lipinski definition) is 0. The number of ether oxygens (including phenoxy) is 2. The van der Waals surface area contributed by atoms with Crippen molar-refractivity contribution in [3.8, 4) is 11.5 Å². The first-order chi connectivity index (χ1) is 11.9. The lowest BCUT2D eigenvalue weighted by Crippen LogP contribution is -2.26. The molecule has 1 heterocycles. The van der Waals surface area contributed by atoms with Gasteiger partial charge in [-0.3, -0.25) is 10.1 Å². The van der Waals surface area contributed by atoms with Crippen LogP contribution in [0.4, 0.5) is 5.69 Å². The SMILES string of the molecule is CN(Cc1ccc2c(c1)OCCO2)S(=O)(=O)c1ccc([N+](=O)[O-])cc1. The average Bonchev–Trinajstić information content (AvgIpc) is 2.61. The molecular formula is C16H16N2O6S. The van der Waals surface area contributed by atoms with Crippen molar-refractivity contribution in [2.75, 3.05) is 20.3 Å². The third-order valence-corrected chi connectivity index (χ3v) is 5.59. The fourth-order valence-electron chi connectivity index (χ4n) is 2.45. The van der Waals surface area contributed by atoms with Crippen molar-refractivity contribution in [3.05, 3.63) is 58.1 Å². The number of nitrogens with zero attached hydrogens (tertiary/aromatic N) is 2. The molecule has 132 valence electrons. The average molecular weight is 364 g/mol. The molecule has 0 fully saturated rings. The van der Waals surface area contributed by atoms with E-state index >= 15 is 0 Å². The molecule has 1 aliphatic heterocycles. The van der Waals surface area contributed by atoms with E-state index in [1.54, 1.807) is 18.2 Å². The quantitative estimate of drug-likeness (QED) is 0.596. The van der Waals surface area contributed by atoms with Gasteiger partial charge in [-0.2, -0.15) is 4.31 Å². The molecule has 0 radical (unpaired) electrons. The molecule has 8 nitrogen and oxygen atoms in total. The summed E-state index contributed by atoms with van der Waals surface area (Å²) in [6, 6.07) is 10.1. The monoisotopic (exact) mass is 364 g/mol. The van der Waals surface area contributed by atoms with Crippen LogP contribution in [0, 0.1) is 10.1 Å². The van der Waals surface area contributed by atoms with Crippen molar-refractivity contribution < 1.29 is 22.8 Å². The predicted octanol–water partition coefficient (Wildman–Crippen LogP) is 2.19. The second kappa shape index (κ2) is 6.69. The minimum Gasteiger partial charge on any atom is -0.486 e. The molecule has 0 N–H and O–H groups in total. The third kappa shape index (κ3) is 3.57. The molecule has 0 aliphatic carbocycles. The number of nitro benzene ring substituents is 1. The zero-order valence-electron chi connectivity index (χ0n) is 13.4. The van der Waals surface area contributed by atoms with Gasteiger partial charge < -0.3 is 9.47 Å². The van der Waals surface area contributed by atoms with E-state index in [1.807, 2.05) is 0 Å². The molecule has 0 unspecified atom stereocenters. The van der Waals surface area contributed by atoms with E-state index < -0.39 is 14.9 Å². The van der Waals surface area contributed by atoms with Gasteiger partial charge in [0.15, 0.2) is 11.5 Å². The number of non-ortho nitro benzene ring substituents is 1. The van der Waals surface area contributed by atoms with Crippen LogP contribution in [0.25, 0.3) is 0 Å². The normalized spacial score (nSPS) is 13.7. The molecule has 0 saturated heterocycles. The van der Waals surface area contributed by atoms with Crippen molar-refractivity contribution in [2.24, 2.45) is 0 Å². The lowest BCUT2D eigenvalue weighted by Gasteiger charge is -2.21. The third-order valence-electron chi connectivity index (χ3n) is 3.77. The van der Waals surface area contributed by atoms with Crippen molar-refractivity contribution in [1.82, 2.24) is 4.31 Å². The molecule has 0 spiro atoms. The van der Waals surface area contributed by atoms with Crippen LogP contribution in [0.15, 0.2) is 47.4 Å². The fourth-order valence-corrected chi connectivity index (χ4v) is 3.61. The summed E-state index contributed by atoms with van der Waals surface area (Å²) in [7, 11) is -2.31. The second-order valence-corrected chi connectivity index (χ2v) is 7.53. The standard InChI is InChI=1S/C16H16N2O6S/c1-17(11-12-2-7-15-16(10-12)24-9-8-23-15)25(21,22)14-5-3-13(4-6-14)18(19)20/h2-7,10H,8-9,11H2,1H3. The highest BCUT2D eigenvalue weighted by molar-refractivity contribution is 7.89. The lowest BCUT2D eigenvalue weighted by atomic mass is 10.2. The van der Waals surface area contributed by atoms with Crippen LogP contribution < -0.4 is 9.47 Å². The van der Waals surface area contributed by atoms with E-state index in [2.05, 4.69) is 0 Å². The Morgan fingerprint density at radius 3 is 2.36 bits per heavy atom. The van der Waals surface area contributed by atoms with Crippen LogP contribution >= 0.6 is 0 Å². The topological polar surface area (TPSA) is 99.0 Å². The van der Waals surface area contributed by atoms with Crippen LogP contribution in [0.1, 0.15) is 5.56 Å². The number of benzene rings is 2. The molecule has 3 rings (SSSR count). The molecule has 0 aromatic heterocycles. The number of fused-ring (bicyclic) bond motifs is 1. The Kier molecular flexibility index (Phi) is 4.60. The van der Waals surface area contributed by atoms with Gasteiger partial charge in [-0.15, -0.1) is 0 Å². The van der Waals surface area contributed by atoms with E-state index in [0.29, 0.717) is 24.7 Å². The summed E-state index contributed by atoms with van der Waals surface area (Å²) in [6.07, 6.45) is 0. The van der Waals surface area contributed by atoms with E-state index in [1.165, 1.54) is 35.6 Å². The van der Waals surface area contributed by atoms with Gasteiger partial charge >= 0.3 is 0 Å². The molecule has 0 amide bonds. The summed E-state index contributed by atoms with van der Waals surface area (Å²) < 4.78 is 37.3. The van der Waals surface area contributed by atoms with Gasteiger partial charge in [-0.05, 0) is 29.8 Å². The molecule has 2 aromatic rings. The molecule has 1 aliphatic rings. The van der Waals surface area contributed by atoms with Gasteiger partial charge in [0.05, 0.1) is 9.82 Å². The van der Waals surface area contributed by atoms with Gasteiger partial charge in [-0.25, -0.2) is 8.42 Å². The molecule has 0 saturated carbocycles. The maximum absolute atomic E-state index is 12.6. The number of nitro groups is 1. The number of rotatable bonds is 5. The maximum atomic E-state index is 12.6. The highest BCUT2D eigenvalue weighted by atomic mass is 32.2. The van der Waals surface area contributed by atoms with Gasteiger partial charge in [0, 0.05) is 25.7 Å². The summed E-state index contributed by atoms with van der Waals surface area (Å²) in [5.41, 5.74) is 0.589. The first-order valence-electron chi connectivity index (χ1n) is 7.47. The largest absolute Gasteiger partial charge is 0.486 e. The Hall–Kier alpha value is -2.65. The molecule has 9 heteroatoms.